The van der Waals surface area contributed by atoms with Gasteiger partial charge >= 0.3 is 0 Å². The first-order valence-corrected chi connectivity index (χ1v) is 7.52. The number of aromatic nitrogens is 1. The van der Waals surface area contributed by atoms with Gasteiger partial charge in [0, 0.05) is 19.2 Å². The first-order chi connectivity index (χ1) is 10.6. The van der Waals surface area contributed by atoms with Crippen molar-refractivity contribution in [2.75, 3.05) is 0 Å². The summed E-state index contributed by atoms with van der Waals surface area (Å²) in [4.78, 5) is 15.9. The maximum absolute atomic E-state index is 11.7. The largest absolute Gasteiger partial charge is 0.487 e. The van der Waals surface area contributed by atoms with Gasteiger partial charge in [0.25, 0.3) is 0 Å². The van der Waals surface area contributed by atoms with Gasteiger partial charge in [-0.25, -0.2) is 0 Å². The lowest BCUT2D eigenvalue weighted by Gasteiger charge is -2.09. The van der Waals surface area contributed by atoms with Gasteiger partial charge in [0.1, 0.15) is 12.4 Å². The molecule has 0 spiro atoms. The topological polar surface area (TPSA) is 51.2 Å². The number of benzene rings is 1. The Bertz CT molecular complexity index is 597. The van der Waals surface area contributed by atoms with E-state index in [1.807, 2.05) is 56.3 Å². The lowest BCUT2D eigenvalue weighted by atomic mass is 10.1. The molecule has 4 heteroatoms. The van der Waals surface area contributed by atoms with Gasteiger partial charge in [-0.05, 0) is 35.7 Å². The molecule has 0 unspecified atom stereocenters. The summed E-state index contributed by atoms with van der Waals surface area (Å²) in [6.07, 6.45) is 2.30. The summed E-state index contributed by atoms with van der Waals surface area (Å²) >= 11 is 0. The van der Waals surface area contributed by atoms with Gasteiger partial charge < -0.3 is 10.1 Å². The summed E-state index contributed by atoms with van der Waals surface area (Å²) in [5.41, 5.74) is 1.91. The Labute approximate surface area is 131 Å². The molecule has 0 radical (unpaired) electrons. The highest BCUT2D eigenvalue weighted by molar-refractivity contribution is 5.76. The van der Waals surface area contributed by atoms with E-state index in [1.165, 1.54) is 0 Å². The quantitative estimate of drug-likeness (QED) is 0.853. The van der Waals surface area contributed by atoms with Crippen LogP contribution in [-0.4, -0.2) is 10.9 Å². The number of nitrogens with zero attached hydrogens (tertiary/aromatic N) is 1. The maximum atomic E-state index is 11.7. The first kappa shape index (κ1) is 16.0. The Morgan fingerprint density at radius 3 is 2.82 bits per heavy atom. The molecule has 1 aromatic heterocycles. The molecule has 1 aromatic carbocycles. The second-order valence-electron chi connectivity index (χ2n) is 5.63. The highest BCUT2D eigenvalue weighted by Crippen LogP contribution is 2.14. The molecule has 2 aromatic rings. The minimum Gasteiger partial charge on any atom is -0.487 e. The van der Waals surface area contributed by atoms with E-state index in [4.69, 9.17) is 4.74 Å². The van der Waals surface area contributed by atoms with Gasteiger partial charge in [0.2, 0.25) is 5.91 Å². The third-order valence-corrected chi connectivity index (χ3v) is 3.09. The molecule has 0 aliphatic rings. The molecule has 22 heavy (non-hydrogen) atoms. The van der Waals surface area contributed by atoms with Gasteiger partial charge in [0.05, 0.1) is 5.69 Å². The van der Waals surface area contributed by atoms with Gasteiger partial charge in [-0.3, -0.25) is 9.78 Å². The standard InChI is InChI=1S/C18H22N2O2/c1-14(2)10-18(21)20-12-15-6-5-8-17(11-15)22-13-16-7-3-4-9-19-16/h3-9,11,14H,10,12-13H2,1-2H3,(H,20,21). The summed E-state index contributed by atoms with van der Waals surface area (Å²) in [6, 6.07) is 13.5. The third kappa shape index (κ3) is 5.56. The van der Waals surface area contributed by atoms with E-state index in [0.29, 0.717) is 25.5 Å². The molecule has 0 aliphatic carbocycles. The van der Waals surface area contributed by atoms with Crippen LogP contribution in [0.2, 0.25) is 0 Å². The van der Waals surface area contributed by atoms with E-state index in [2.05, 4.69) is 10.3 Å². The zero-order chi connectivity index (χ0) is 15.8. The Balaban J connectivity index is 1.86. The number of carbonyl (C=O) groups is 1. The highest BCUT2D eigenvalue weighted by Gasteiger charge is 2.05. The second kappa shape index (κ2) is 8.17. The highest BCUT2D eigenvalue weighted by atomic mass is 16.5. The minimum absolute atomic E-state index is 0.0785. The average molecular weight is 298 g/mol. The molecule has 2 rings (SSSR count). The third-order valence-electron chi connectivity index (χ3n) is 3.09. The van der Waals surface area contributed by atoms with Crippen LogP contribution < -0.4 is 10.1 Å². The Hall–Kier alpha value is -2.36. The van der Waals surface area contributed by atoms with Crippen molar-refractivity contribution < 1.29 is 9.53 Å². The Kier molecular flexibility index (Phi) is 5.95. The van der Waals surface area contributed by atoms with Crippen LogP contribution >= 0.6 is 0 Å². The maximum Gasteiger partial charge on any atom is 0.220 e. The summed E-state index contributed by atoms with van der Waals surface area (Å²) < 4.78 is 5.73. The fraction of sp³-hybridized carbons (Fsp3) is 0.333. The molecule has 0 saturated heterocycles. The second-order valence-corrected chi connectivity index (χ2v) is 5.63. The van der Waals surface area contributed by atoms with Crippen molar-refractivity contribution >= 4 is 5.91 Å². The van der Waals surface area contributed by atoms with Crippen LogP contribution in [-0.2, 0) is 17.9 Å². The number of rotatable bonds is 7. The summed E-state index contributed by atoms with van der Waals surface area (Å²) in [5.74, 6) is 1.23. The average Bonchev–Trinajstić information content (AvgIpc) is 2.52. The van der Waals surface area contributed by atoms with E-state index in [-0.39, 0.29) is 5.91 Å². The molecule has 1 heterocycles. The minimum atomic E-state index is 0.0785. The van der Waals surface area contributed by atoms with Crippen LogP contribution in [0.3, 0.4) is 0 Å². The molecule has 116 valence electrons. The van der Waals surface area contributed by atoms with Crippen molar-refractivity contribution in [1.82, 2.24) is 10.3 Å². The van der Waals surface area contributed by atoms with Crippen molar-refractivity contribution in [3.05, 3.63) is 59.9 Å². The fourth-order valence-corrected chi connectivity index (χ4v) is 2.03. The van der Waals surface area contributed by atoms with Crippen LogP contribution in [0, 0.1) is 5.92 Å². The smallest absolute Gasteiger partial charge is 0.220 e. The van der Waals surface area contributed by atoms with Crippen molar-refractivity contribution in [2.24, 2.45) is 5.92 Å². The van der Waals surface area contributed by atoms with Crippen molar-refractivity contribution in [2.45, 2.75) is 33.4 Å². The number of ether oxygens (including phenoxy) is 1. The van der Waals surface area contributed by atoms with Gasteiger partial charge in [-0.15, -0.1) is 0 Å². The molecule has 1 N–H and O–H groups in total. The lowest BCUT2D eigenvalue weighted by molar-refractivity contribution is -0.121. The van der Waals surface area contributed by atoms with Crippen LogP contribution in [0.4, 0.5) is 0 Å². The first-order valence-electron chi connectivity index (χ1n) is 7.52. The van der Waals surface area contributed by atoms with Gasteiger partial charge in [-0.1, -0.05) is 32.0 Å². The zero-order valence-corrected chi connectivity index (χ0v) is 13.1. The zero-order valence-electron chi connectivity index (χ0n) is 13.1. The van der Waals surface area contributed by atoms with Gasteiger partial charge in [0.15, 0.2) is 0 Å². The van der Waals surface area contributed by atoms with Crippen LogP contribution in [0.25, 0.3) is 0 Å². The Morgan fingerprint density at radius 1 is 1.23 bits per heavy atom. The number of nitrogens with one attached hydrogen (secondary N) is 1. The number of hydrogen-bond acceptors (Lipinski definition) is 3. The predicted molar refractivity (Wildman–Crippen MR) is 86.3 cm³/mol. The Morgan fingerprint density at radius 2 is 2.09 bits per heavy atom. The van der Waals surface area contributed by atoms with Crippen LogP contribution in [0.5, 0.6) is 5.75 Å². The normalized spacial score (nSPS) is 10.5. The van der Waals surface area contributed by atoms with E-state index >= 15 is 0 Å². The molecular weight excluding hydrogens is 276 g/mol. The van der Waals surface area contributed by atoms with E-state index in [1.54, 1.807) is 6.20 Å². The summed E-state index contributed by atoms with van der Waals surface area (Å²) in [5, 5.41) is 2.92. The van der Waals surface area contributed by atoms with Crippen LogP contribution in [0.1, 0.15) is 31.5 Å². The number of hydrogen-bond donors (Lipinski definition) is 1. The molecule has 0 atom stereocenters. The summed E-state index contributed by atoms with van der Waals surface area (Å²) in [6.45, 7) is 5.02. The van der Waals surface area contributed by atoms with Gasteiger partial charge in [-0.2, -0.15) is 0 Å². The predicted octanol–water partition coefficient (Wildman–Crippen LogP) is 3.32. The van der Waals surface area contributed by atoms with Crippen molar-refractivity contribution in [3.63, 3.8) is 0 Å². The fourth-order valence-electron chi connectivity index (χ4n) is 2.03. The van der Waals surface area contributed by atoms with Crippen molar-refractivity contribution in [3.8, 4) is 5.75 Å². The summed E-state index contributed by atoms with van der Waals surface area (Å²) in [7, 11) is 0. The number of carbonyl (C=O) groups excluding carboxylic acids is 1. The van der Waals surface area contributed by atoms with E-state index in [0.717, 1.165) is 17.0 Å². The molecule has 0 bridgehead atoms. The van der Waals surface area contributed by atoms with Crippen LogP contribution in [0.15, 0.2) is 48.7 Å². The molecule has 1 amide bonds. The number of amides is 1. The molecular formula is C18H22N2O2. The van der Waals surface area contributed by atoms with Crippen molar-refractivity contribution in [1.29, 1.82) is 0 Å². The molecule has 0 fully saturated rings. The monoisotopic (exact) mass is 298 g/mol. The van der Waals surface area contributed by atoms with E-state index in [9.17, 15) is 4.79 Å². The van der Waals surface area contributed by atoms with E-state index < -0.39 is 0 Å². The molecule has 4 nitrogen and oxygen atoms in total. The lowest BCUT2D eigenvalue weighted by Crippen LogP contribution is -2.23. The molecule has 0 aliphatic heterocycles. The SMILES string of the molecule is CC(C)CC(=O)NCc1cccc(OCc2ccccn2)c1. The molecule has 0 saturated carbocycles. The number of pyridine rings is 1.